The van der Waals surface area contributed by atoms with Crippen LogP contribution in [-0.2, 0) is 15.8 Å². The fourth-order valence-electron chi connectivity index (χ4n) is 4.66. The molecular formula is C21H24F3N3O2S. The minimum Gasteiger partial charge on any atom is -0.342 e. The molecule has 2 unspecified atom stereocenters. The number of alkyl halides is 3. The van der Waals surface area contributed by atoms with Crippen LogP contribution in [0.15, 0.2) is 28.7 Å². The average Bonchev–Trinajstić information content (AvgIpc) is 3.16. The lowest BCUT2D eigenvalue weighted by Gasteiger charge is -2.36. The number of halogens is 3. The first-order valence-electron chi connectivity index (χ1n) is 10.2. The summed E-state index contributed by atoms with van der Waals surface area (Å²) in [6.07, 6.45) is -2.58. The number of likely N-dealkylation sites (tertiary alicyclic amines) is 2. The van der Waals surface area contributed by atoms with Gasteiger partial charge in [0.2, 0.25) is 5.91 Å². The van der Waals surface area contributed by atoms with Gasteiger partial charge in [-0.2, -0.15) is 13.2 Å². The molecule has 2 fully saturated rings. The number of benzene rings is 1. The number of hydrogen-bond acceptors (Lipinski definition) is 4. The average molecular weight is 440 g/mol. The zero-order valence-electron chi connectivity index (χ0n) is 16.7. The Balaban J connectivity index is 1.42. The molecule has 2 saturated heterocycles. The monoisotopic (exact) mass is 439 g/mol. The normalized spacial score (nSPS) is 25.1. The van der Waals surface area contributed by atoms with E-state index in [0.717, 1.165) is 12.5 Å². The first kappa shape index (κ1) is 21.2. The molecule has 0 aromatic heterocycles. The molecule has 4 rings (SSSR count). The summed E-state index contributed by atoms with van der Waals surface area (Å²) < 4.78 is 44.5. The fourth-order valence-corrected chi connectivity index (χ4v) is 5.70. The van der Waals surface area contributed by atoms with E-state index in [0.29, 0.717) is 50.3 Å². The maximum Gasteiger partial charge on any atom is 0.416 e. The van der Waals surface area contributed by atoms with E-state index in [1.54, 1.807) is 21.9 Å². The van der Waals surface area contributed by atoms with Gasteiger partial charge < -0.3 is 9.80 Å². The summed E-state index contributed by atoms with van der Waals surface area (Å²) in [6.45, 7) is 3.54. The minimum absolute atomic E-state index is 0.00120. The molecule has 0 saturated carbocycles. The van der Waals surface area contributed by atoms with Crippen molar-refractivity contribution in [2.24, 2.45) is 10.3 Å². The molecule has 30 heavy (non-hydrogen) atoms. The first-order valence-corrected chi connectivity index (χ1v) is 11.0. The predicted molar refractivity (Wildman–Crippen MR) is 109 cm³/mol. The maximum atomic E-state index is 13.3. The molecule has 0 bridgehead atoms. The van der Waals surface area contributed by atoms with Crippen LogP contribution in [0.1, 0.15) is 43.2 Å². The maximum absolute atomic E-state index is 13.3. The molecule has 0 spiro atoms. The standard InChI is InChI=1S/C21H24F3N3O2S/c1-13(28)27-11-8-18-16(12-27)19(25-30-18)20(29)26-9-6-14(7-10-26)15-4-2-3-5-17(15)21(22,23)24/h2-5,14,16,18H,6-12H2,1H3. The molecule has 3 aliphatic heterocycles. The molecular weight excluding hydrogens is 415 g/mol. The van der Waals surface area contributed by atoms with Gasteiger partial charge in [0.1, 0.15) is 5.71 Å². The zero-order valence-corrected chi connectivity index (χ0v) is 17.5. The molecule has 1 aromatic carbocycles. The van der Waals surface area contributed by atoms with Crippen molar-refractivity contribution in [3.63, 3.8) is 0 Å². The van der Waals surface area contributed by atoms with Crippen LogP contribution in [0.3, 0.4) is 0 Å². The smallest absolute Gasteiger partial charge is 0.342 e. The number of piperidine rings is 2. The number of nitrogens with zero attached hydrogens (tertiary/aromatic N) is 3. The van der Waals surface area contributed by atoms with Crippen molar-refractivity contribution in [2.45, 2.75) is 43.5 Å². The highest BCUT2D eigenvalue weighted by Gasteiger charge is 2.43. The van der Waals surface area contributed by atoms with E-state index in [-0.39, 0.29) is 28.9 Å². The van der Waals surface area contributed by atoms with E-state index in [1.807, 2.05) is 0 Å². The van der Waals surface area contributed by atoms with Gasteiger partial charge in [-0.05, 0) is 48.8 Å². The van der Waals surface area contributed by atoms with Crippen LogP contribution in [0.2, 0.25) is 0 Å². The van der Waals surface area contributed by atoms with Gasteiger partial charge in [0.15, 0.2) is 0 Å². The Labute approximate surface area is 177 Å². The van der Waals surface area contributed by atoms with E-state index < -0.39 is 11.7 Å². The van der Waals surface area contributed by atoms with E-state index in [4.69, 9.17) is 0 Å². The Bertz CT molecular complexity index is 865. The number of amides is 2. The highest BCUT2D eigenvalue weighted by molar-refractivity contribution is 7.99. The van der Waals surface area contributed by atoms with Crippen molar-refractivity contribution in [2.75, 3.05) is 26.2 Å². The summed E-state index contributed by atoms with van der Waals surface area (Å²) in [5.74, 6) is -0.421. The van der Waals surface area contributed by atoms with Crippen LogP contribution >= 0.6 is 11.9 Å². The second-order valence-electron chi connectivity index (χ2n) is 8.13. The zero-order chi connectivity index (χ0) is 21.5. The molecule has 2 atom stereocenters. The Morgan fingerprint density at radius 1 is 1.07 bits per heavy atom. The second kappa shape index (κ2) is 8.24. The van der Waals surface area contributed by atoms with Gasteiger partial charge in [0.05, 0.1) is 5.56 Å². The molecule has 5 nitrogen and oxygen atoms in total. The Hall–Kier alpha value is -2.03. The molecule has 0 N–H and O–H groups in total. The van der Waals surface area contributed by atoms with Gasteiger partial charge in [-0.15, -0.1) is 0 Å². The van der Waals surface area contributed by atoms with Crippen LogP contribution < -0.4 is 0 Å². The molecule has 0 aliphatic carbocycles. The number of carbonyl (C=O) groups excluding carboxylic acids is 2. The van der Waals surface area contributed by atoms with E-state index >= 15 is 0 Å². The van der Waals surface area contributed by atoms with Crippen LogP contribution in [0.4, 0.5) is 13.2 Å². The lowest BCUT2D eigenvalue weighted by Crippen LogP contribution is -2.50. The summed E-state index contributed by atoms with van der Waals surface area (Å²) >= 11 is 1.42. The van der Waals surface area contributed by atoms with Gasteiger partial charge in [0, 0.05) is 44.3 Å². The van der Waals surface area contributed by atoms with Gasteiger partial charge in [-0.1, -0.05) is 18.2 Å². The third-order valence-electron chi connectivity index (χ3n) is 6.34. The lowest BCUT2D eigenvalue weighted by molar-refractivity contribution is -0.138. The van der Waals surface area contributed by atoms with Crippen LogP contribution in [0.5, 0.6) is 0 Å². The fraction of sp³-hybridized carbons (Fsp3) is 0.571. The number of rotatable bonds is 2. The van der Waals surface area contributed by atoms with Gasteiger partial charge >= 0.3 is 6.18 Å². The van der Waals surface area contributed by atoms with Crippen molar-refractivity contribution in [3.05, 3.63) is 35.4 Å². The molecule has 162 valence electrons. The number of hydrogen-bond donors (Lipinski definition) is 0. The van der Waals surface area contributed by atoms with Crippen LogP contribution in [-0.4, -0.2) is 58.8 Å². The highest BCUT2D eigenvalue weighted by Crippen LogP contribution is 2.40. The van der Waals surface area contributed by atoms with Crippen LogP contribution in [0.25, 0.3) is 0 Å². The summed E-state index contributed by atoms with van der Waals surface area (Å²) in [4.78, 5) is 28.3. The molecule has 2 amide bonds. The van der Waals surface area contributed by atoms with E-state index in [9.17, 15) is 22.8 Å². The molecule has 3 aliphatic rings. The summed E-state index contributed by atoms with van der Waals surface area (Å²) in [5.41, 5.74) is 0.237. The van der Waals surface area contributed by atoms with Gasteiger partial charge in [-0.3, -0.25) is 9.59 Å². The van der Waals surface area contributed by atoms with Crippen molar-refractivity contribution < 1.29 is 22.8 Å². The topological polar surface area (TPSA) is 53.0 Å². The van der Waals surface area contributed by atoms with Gasteiger partial charge in [0.25, 0.3) is 5.91 Å². The lowest BCUT2D eigenvalue weighted by atomic mass is 9.85. The molecule has 9 heteroatoms. The first-order chi connectivity index (χ1) is 14.3. The quantitative estimate of drug-likeness (QED) is 0.660. The second-order valence-corrected chi connectivity index (χ2v) is 9.13. The van der Waals surface area contributed by atoms with Crippen molar-refractivity contribution in [1.82, 2.24) is 9.80 Å². The van der Waals surface area contributed by atoms with Crippen LogP contribution in [0, 0.1) is 5.92 Å². The number of fused-ring (bicyclic) bond motifs is 1. The molecule has 0 radical (unpaired) electrons. The highest BCUT2D eigenvalue weighted by atomic mass is 32.2. The SMILES string of the molecule is CC(=O)N1CCC2SN=C(C(=O)N3CCC(c4ccccc4C(F)(F)F)CC3)C2C1. The van der Waals surface area contributed by atoms with E-state index in [1.165, 1.54) is 24.9 Å². The summed E-state index contributed by atoms with van der Waals surface area (Å²) in [5, 5.41) is 0.218. The third-order valence-corrected chi connectivity index (χ3v) is 7.48. The number of carbonyl (C=O) groups is 2. The third kappa shape index (κ3) is 4.08. The molecule has 3 heterocycles. The largest absolute Gasteiger partial charge is 0.416 e. The minimum atomic E-state index is -4.38. The summed E-state index contributed by atoms with van der Waals surface area (Å²) in [7, 11) is 0. The predicted octanol–water partition coefficient (Wildman–Crippen LogP) is 3.75. The van der Waals surface area contributed by atoms with Crippen molar-refractivity contribution in [1.29, 1.82) is 0 Å². The Morgan fingerprint density at radius 3 is 2.40 bits per heavy atom. The van der Waals surface area contributed by atoms with E-state index in [2.05, 4.69) is 4.40 Å². The Morgan fingerprint density at radius 2 is 1.73 bits per heavy atom. The van der Waals surface area contributed by atoms with Crippen molar-refractivity contribution >= 4 is 29.5 Å². The molecule has 1 aromatic rings. The van der Waals surface area contributed by atoms with Gasteiger partial charge in [-0.25, -0.2) is 4.40 Å². The summed E-state index contributed by atoms with van der Waals surface area (Å²) in [6, 6.07) is 5.72. The van der Waals surface area contributed by atoms with Crippen molar-refractivity contribution in [3.8, 4) is 0 Å². The Kier molecular flexibility index (Phi) is 5.83.